The number of anilines is 1. The molecule has 1 atom stereocenters. The van der Waals surface area contributed by atoms with Gasteiger partial charge in [-0.15, -0.1) is 0 Å². The summed E-state index contributed by atoms with van der Waals surface area (Å²) in [4.78, 5) is 29.2. The zero-order chi connectivity index (χ0) is 30.4. The third kappa shape index (κ3) is 8.43. The number of hydrogen-bond acceptors (Lipinski definition) is 4. The smallest absolute Gasteiger partial charge is 0.264 e. The standard InChI is InChI=1S/C33H43N3O4S/c1-8-30(32(38)34-33(5,6)7)35(22-26-16-14-25(4)15-17-26)31(37)23-36(28-20-18-27(19-21-28)24(2)3)41(39,40)29-12-10-9-11-13-29/h9-21,24,30H,8,22-23H2,1-7H3,(H,34,38). The highest BCUT2D eigenvalue weighted by Crippen LogP contribution is 2.27. The first kappa shape index (κ1) is 31.9. The summed E-state index contributed by atoms with van der Waals surface area (Å²) in [5, 5.41) is 2.99. The number of aryl methyl sites for hydroxylation is 1. The number of amides is 2. The van der Waals surface area contributed by atoms with Crippen LogP contribution < -0.4 is 9.62 Å². The number of nitrogens with one attached hydrogen (secondary N) is 1. The second kappa shape index (κ2) is 13.3. The minimum Gasteiger partial charge on any atom is -0.350 e. The Bertz CT molecular complexity index is 1410. The van der Waals surface area contributed by atoms with Gasteiger partial charge in [0.05, 0.1) is 10.6 Å². The van der Waals surface area contributed by atoms with Crippen LogP contribution in [-0.2, 0) is 26.2 Å². The third-order valence-corrected chi connectivity index (χ3v) is 8.60. The molecule has 8 heteroatoms. The summed E-state index contributed by atoms with van der Waals surface area (Å²) in [5.41, 5.74) is 2.88. The van der Waals surface area contributed by atoms with E-state index in [0.29, 0.717) is 12.1 Å². The topological polar surface area (TPSA) is 86.8 Å². The molecule has 0 heterocycles. The van der Waals surface area contributed by atoms with Gasteiger partial charge in [-0.25, -0.2) is 8.42 Å². The van der Waals surface area contributed by atoms with Crippen LogP contribution in [-0.4, -0.2) is 43.3 Å². The van der Waals surface area contributed by atoms with Gasteiger partial charge in [0.2, 0.25) is 11.8 Å². The van der Waals surface area contributed by atoms with Crippen molar-refractivity contribution in [2.75, 3.05) is 10.8 Å². The average molecular weight is 578 g/mol. The molecule has 3 rings (SSSR count). The molecule has 0 saturated carbocycles. The molecule has 0 aliphatic heterocycles. The lowest BCUT2D eigenvalue weighted by Gasteiger charge is -2.34. The second-order valence-corrected chi connectivity index (χ2v) is 13.6. The molecule has 2 amide bonds. The van der Waals surface area contributed by atoms with Crippen molar-refractivity contribution in [2.24, 2.45) is 0 Å². The lowest BCUT2D eigenvalue weighted by atomic mass is 10.0. The van der Waals surface area contributed by atoms with Crippen molar-refractivity contribution in [1.82, 2.24) is 10.2 Å². The van der Waals surface area contributed by atoms with Crippen molar-refractivity contribution in [3.63, 3.8) is 0 Å². The predicted octanol–water partition coefficient (Wildman–Crippen LogP) is 6.04. The zero-order valence-electron chi connectivity index (χ0n) is 25.2. The van der Waals surface area contributed by atoms with Gasteiger partial charge >= 0.3 is 0 Å². The Kier molecular flexibility index (Phi) is 10.4. The molecule has 3 aromatic rings. The molecule has 0 bridgehead atoms. The predicted molar refractivity (Wildman–Crippen MR) is 165 cm³/mol. The van der Waals surface area contributed by atoms with Crippen molar-refractivity contribution in [3.05, 3.63) is 95.6 Å². The first-order chi connectivity index (χ1) is 19.2. The Morgan fingerprint density at radius 1 is 0.878 bits per heavy atom. The minimum absolute atomic E-state index is 0.0864. The van der Waals surface area contributed by atoms with Crippen LogP contribution in [0.4, 0.5) is 5.69 Å². The Morgan fingerprint density at radius 3 is 1.98 bits per heavy atom. The molecule has 0 radical (unpaired) electrons. The molecule has 7 nitrogen and oxygen atoms in total. The van der Waals surface area contributed by atoms with Gasteiger partial charge in [0.25, 0.3) is 10.0 Å². The van der Waals surface area contributed by atoms with E-state index in [2.05, 4.69) is 19.2 Å². The quantitative estimate of drug-likeness (QED) is 0.301. The molecular weight excluding hydrogens is 534 g/mol. The number of rotatable bonds is 11. The van der Waals surface area contributed by atoms with E-state index in [1.54, 1.807) is 30.3 Å². The van der Waals surface area contributed by atoms with Gasteiger partial charge in [-0.05, 0) is 75.4 Å². The normalized spacial score (nSPS) is 12.6. The van der Waals surface area contributed by atoms with Crippen molar-refractivity contribution < 1.29 is 18.0 Å². The first-order valence-electron chi connectivity index (χ1n) is 14.1. The van der Waals surface area contributed by atoms with Crippen LogP contribution in [0.2, 0.25) is 0 Å². The maximum atomic E-state index is 14.2. The molecule has 41 heavy (non-hydrogen) atoms. The highest BCUT2D eigenvalue weighted by atomic mass is 32.2. The molecule has 0 fully saturated rings. The van der Waals surface area contributed by atoms with Crippen LogP contribution in [0, 0.1) is 6.92 Å². The molecule has 1 unspecified atom stereocenters. The lowest BCUT2D eigenvalue weighted by molar-refractivity contribution is -0.141. The number of hydrogen-bond donors (Lipinski definition) is 1. The molecule has 220 valence electrons. The number of carbonyl (C=O) groups excluding carboxylic acids is 2. The lowest BCUT2D eigenvalue weighted by Crippen LogP contribution is -2.55. The molecule has 0 aliphatic rings. The fourth-order valence-electron chi connectivity index (χ4n) is 4.54. The van der Waals surface area contributed by atoms with E-state index in [1.807, 2.05) is 71.0 Å². The average Bonchev–Trinajstić information content (AvgIpc) is 2.92. The monoisotopic (exact) mass is 577 g/mol. The minimum atomic E-state index is -4.09. The van der Waals surface area contributed by atoms with E-state index in [-0.39, 0.29) is 23.3 Å². The van der Waals surface area contributed by atoms with Gasteiger partial charge in [-0.2, -0.15) is 0 Å². The van der Waals surface area contributed by atoms with Crippen molar-refractivity contribution >= 4 is 27.5 Å². The van der Waals surface area contributed by atoms with Gasteiger partial charge < -0.3 is 10.2 Å². The van der Waals surface area contributed by atoms with Crippen molar-refractivity contribution in [2.45, 2.75) is 83.8 Å². The van der Waals surface area contributed by atoms with Crippen LogP contribution in [0.1, 0.15) is 70.6 Å². The van der Waals surface area contributed by atoms with E-state index in [0.717, 1.165) is 21.0 Å². The maximum Gasteiger partial charge on any atom is 0.264 e. The second-order valence-electron chi connectivity index (χ2n) is 11.7. The van der Waals surface area contributed by atoms with E-state index in [4.69, 9.17) is 0 Å². The Balaban J connectivity index is 2.07. The molecule has 3 aromatic carbocycles. The van der Waals surface area contributed by atoms with Gasteiger partial charge in [-0.3, -0.25) is 13.9 Å². The summed E-state index contributed by atoms with van der Waals surface area (Å²) in [7, 11) is -4.09. The third-order valence-electron chi connectivity index (χ3n) is 6.82. The summed E-state index contributed by atoms with van der Waals surface area (Å²) in [6.07, 6.45) is 0.369. The summed E-state index contributed by atoms with van der Waals surface area (Å²) in [5.74, 6) is -0.477. The Hall–Kier alpha value is -3.65. The van der Waals surface area contributed by atoms with Gasteiger partial charge in [0.1, 0.15) is 12.6 Å². The number of carbonyl (C=O) groups is 2. The van der Waals surface area contributed by atoms with Crippen molar-refractivity contribution in [1.29, 1.82) is 0 Å². The highest BCUT2D eigenvalue weighted by molar-refractivity contribution is 7.92. The highest BCUT2D eigenvalue weighted by Gasteiger charge is 2.34. The summed E-state index contributed by atoms with van der Waals surface area (Å²) >= 11 is 0. The summed E-state index contributed by atoms with van der Waals surface area (Å²) < 4.78 is 29.0. The molecular formula is C33H43N3O4S. The van der Waals surface area contributed by atoms with Crippen LogP contribution in [0.15, 0.2) is 83.8 Å². The van der Waals surface area contributed by atoms with E-state index < -0.39 is 34.1 Å². The number of sulfonamides is 1. The van der Waals surface area contributed by atoms with Crippen LogP contribution in [0.5, 0.6) is 0 Å². The first-order valence-corrected chi connectivity index (χ1v) is 15.5. The van der Waals surface area contributed by atoms with Gasteiger partial charge in [0.15, 0.2) is 0 Å². The summed E-state index contributed by atoms with van der Waals surface area (Å²) in [6, 6.07) is 22.3. The molecule has 0 saturated heterocycles. The van der Waals surface area contributed by atoms with E-state index in [1.165, 1.54) is 17.0 Å². The molecule has 0 aromatic heterocycles. The molecule has 0 aliphatic carbocycles. The van der Waals surface area contributed by atoms with Crippen molar-refractivity contribution in [3.8, 4) is 0 Å². The fourth-order valence-corrected chi connectivity index (χ4v) is 5.97. The Labute approximate surface area is 245 Å². The fraction of sp³-hybridized carbons (Fsp3) is 0.394. The zero-order valence-corrected chi connectivity index (χ0v) is 26.0. The molecule has 1 N–H and O–H groups in total. The molecule has 0 spiro atoms. The van der Waals surface area contributed by atoms with E-state index in [9.17, 15) is 18.0 Å². The van der Waals surface area contributed by atoms with Gasteiger partial charge in [0, 0.05) is 12.1 Å². The largest absolute Gasteiger partial charge is 0.350 e. The SMILES string of the molecule is CCC(C(=O)NC(C)(C)C)N(Cc1ccc(C)cc1)C(=O)CN(c1ccc(C(C)C)cc1)S(=O)(=O)c1ccccc1. The van der Waals surface area contributed by atoms with Crippen LogP contribution in [0.25, 0.3) is 0 Å². The Morgan fingerprint density at radius 2 is 1.46 bits per heavy atom. The van der Waals surface area contributed by atoms with E-state index >= 15 is 0 Å². The number of benzene rings is 3. The van der Waals surface area contributed by atoms with Gasteiger partial charge in [-0.1, -0.05) is 80.9 Å². The maximum absolute atomic E-state index is 14.2. The van der Waals surface area contributed by atoms with Crippen LogP contribution >= 0.6 is 0 Å². The number of nitrogens with zero attached hydrogens (tertiary/aromatic N) is 2. The van der Waals surface area contributed by atoms with Crippen LogP contribution in [0.3, 0.4) is 0 Å². The summed E-state index contributed by atoms with van der Waals surface area (Å²) in [6.45, 7) is 13.3.